The molecule has 0 bridgehead atoms. The van der Waals surface area contributed by atoms with Crippen LogP contribution in [0.5, 0.6) is 0 Å². The summed E-state index contributed by atoms with van der Waals surface area (Å²) in [4.78, 5) is 16.2. The molecule has 182 valence electrons. The summed E-state index contributed by atoms with van der Waals surface area (Å²) in [7, 11) is 3.33. The molecule has 0 aliphatic carbocycles. The summed E-state index contributed by atoms with van der Waals surface area (Å²) in [6.45, 7) is 4.27. The molecule has 0 saturated heterocycles. The summed E-state index contributed by atoms with van der Waals surface area (Å²) in [6.07, 6.45) is -0.321. The SMILES string of the molecule is CO[C@@H](CN(C)Cc1cc(F)ccc1F)[C@@H](C)CN(C(=O)Nc1ccc(F)cc1)[C@H](C)CO. The summed E-state index contributed by atoms with van der Waals surface area (Å²) in [5, 5.41) is 12.4. The summed E-state index contributed by atoms with van der Waals surface area (Å²) < 4.78 is 46.2. The van der Waals surface area contributed by atoms with Gasteiger partial charge in [-0.2, -0.15) is 0 Å². The Labute approximate surface area is 193 Å². The molecule has 2 rings (SSSR count). The van der Waals surface area contributed by atoms with Gasteiger partial charge in [-0.25, -0.2) is 18.0 Å². The van der Waals surface area contributed by atoms with Gasteiger partial charge in [0.1, 0.15) is 17.5 Å². The number of ether oxygens (including phenoxy) is 1. The van der Waals surface area contributed by atoms with Crippen molar-refractivity contribution in [3.63, 3.8) is 0 Å². The van der Waals surface area contributed by atoms with Gasteiger partial charge in [-0.05, 0) is 56.4 Å². The Kier molecular flexibility index (Phi) is 10.1. The number of benzene rings is 2. The number of aliphatic hydroxyl groups excluding tert-OH is 1. The van der Waals surface area contributed by atoms with E-state index in [-0.39, 0.29) is 37.3 Å². The van der Waals surface area contributed by atoms with Gasteiger partial charge in [0.2, 0.25) is 0 Å². The van der Waals surface area contributed by atoms with Gasteiger partial charge in [0.25, 0.3) is 0 Å². The van der Waals surface area contributed by atoms with Gasteiger partial charge in [-0.15, -0.1) is 0 Å². The molecule has 33 heavy (non-hydrogen) atoms. The van der Waals surface area contributed by atoms with Crippen LogP contribution in [0.2, 0.25) is 0 Å². The Hall–Kier alpha value is -2.62. The fraction of sp³-hybridized carbons (Fsp3) is 0.458. The fourth-order valence-corrected chi connectivity index (χ4v) is 3.53. The number of hydrogen-bond acceptors (Lipinski definition) is 4. The van der Waals surface area contributed by atoms with Gasteiger partial charge in [0, 0.05) is 43.9 Å². The predicted molar refractivity (Wildman–Crippen MR) is 121 cm³/mol. The highest BCUT2D eigenvalue weighted by molar-refractivity contribution is 5.89. The number of anilines is 1. The summed E-state index contributed by atoms with van der Waals surface area (Å²) in [5.74, 6) is -1.54. The maximum absolute atomic E-state index is 14.0. The maximum Gasteiger partial charge on any atom is 0.322 e. The number of aliphatic hydroxyl groups is 1. The highest BCUT2D eigenvalue weighted by Gasteiger charge is 2.27. The third-order valence-electron chi connectivity index (χ3n) is 5.51. The number of urea groups is 1. The van der Waals surface area contributed by atoms with Crippen LogP contribution in [-0.2, 0) is 11.3 Å². The zero-order chi connectivity index (χ0) is 24.5. The Morgan fingerprint density at radius 3 is 2.30 bits per heavy atom. The van der Waals surface area contributed by atoms with Crippen molar-refractivity contribution >= 4 is 11.7 Å². The lowest BCUT2D eigenvalue weighted by molar-refractivity contribution is 0.0175. The van der Waals surface area contributed by atoms with Crippen molar-refractivity contribution in [3.05, 3.63) is 65.5 Å². The summed E-state index contributed by atoms with van der Waals surface area (Å²) >= 11 is 0. The minimum absolute atomic E-state index is 0.150. The number of methoxy groups -OCH3 is 1. The van der Waals surface area contributed by atoms with E-state index in [9.17, 15) is 23.1 Å². The number of rotatable bonds is 11. The van der Waals surface area contributed by atoms with Crippen molar-refractivity contribution in [1.82, 2.24) is 9.80 Å². The number of likely N-dealkylation sites (N-methyl/N-ethyl adjacent to an activating group) is 1. The highest BCUT2D eigenvalue weighted by atomic mass is 19.1. The first-order chi connectivity index (χ1) is 15.6. The second-order valence-corrected chi connectivity index (χ2v) is 8.30. The third-order valence-corrected chi connectivity index (χ3v) is 5.51. The predicted octanol–water partition coefficient (Wildman–Crippen LogP) is 4.10. The fourth-order valence-electron chi connectivity index (χ4n) is 3.53. The molecule has 9 heteroatoms. The molecule has 2 amide bonds. The minimum atomic E-state index is -0.503. The van der Waals surface area contributed by atoms with E-state index in [1.165, 1.54) is 35.2 Å². The number of nitrogens with zero attached hydrogens (tertiary/aromatic N) is 2. The molecule has 2 N–H and O–H groups in total. The van der Waals surface area contributed by atoms with Gasteiger partial charge >= 0.3 is 6.03 Å². The Morgan fingerprint density at radius 1 is 1.06 bits per heavy atom. The standard InChI is InChI=1S/C24H32F3N3O3/c1-16(23(33-4)14-29(3)13-18-11-20(26)7-10-22(18)27)12-30(17(2)15-31)24(32)28-21-8-5-19(25)6-9-21/h5-11,16-17,23,31H,12-15H2,1-4H3,(H,28,32)/t16-,17+,23-/m0/s1. The second-order valence-electron chi connectivity index (χ2n) is 8.30. The lowest BCUT2D eigenvalue weighted by atomic mass is 10.0. The van der Waals surface area contributed by atoms with E-state index in [2.05, 4.69) is 5.32 Å². The van der Waals surface area contributed by atoms with Crippen molar-refractivity contribution in [3.8, 4) is 0 Å². The van der Waals surface area contributed by atoms with Crippen LogP contribution in [0.25, 0.3) is 0 Å². The van der Waals surface area contributed by atoms with E-state index in [1.54, 1.807) is 21.1 Å². The maximum atomic E-state index is 14.0. The van der Waals surface area contributed by atoms with E-state index in [0.29, 0.717) is 12.2 Å². The normalized spacial score (nSPS) is 14.1. The zero-order valence-electron chi connectivity index (χ0n) is 19.4. The molecular formula is C24H32F3N3O3. The number of amides is 2. The first-order valence-corrected chi connectivity index (χ1v) is 10.7. The van der Waals surface area contributed by atoms with Crippen LogP contribution in [0.3, 0.4) is 0 Å². The molecule has 3 atom stereocenters. The van der Waals surface area contributed by atoms with Crippen LogP contribution >= 0.6 is 0 Å². The van der Waals surface area contributed by atoms with Gasteiger partial charge in [0.05, 0.1) is 18.8 Å². The van der Waals surface area contributed by atoms with Gasteiger partial charge < -0.3 is 20.1 Å². The summed E-state index contributed by atoms with van der Waals surface area (Å²) in [5.41, 5.74) is 0.679. The average molecular weight is 468 g/mol. The lowest BCUT2D eigenvalue weighted by Crippen LogP contribution is -2.48. The average Bonchev–Trinajstić information content (AvgIpc) is 2.79. The van der Waals surface area contributed by atoms with E-state index in [4.69, 9.17) is 4.74 Å². The largest absolute Gasteiger partial charge is 0.394 e. The molecule has 0 spiro atoms. The molecule has 0 fully saturated rings. The van der Waals surface area contributed by atoms with Crippen molar-refractivity contribution in [2.75, 3.05) is 39.2 Å². The molecule has 0 heterocycles. The molecule has 2 aromatic carbocycles. The monoisotopic (exact) mass is 467 g/mol. The zero-order valence-corrected chi connectivity index (χ0v) is 19.4. The van der Waals surface area contributed by atoms with Crippen LogP contribution in [0, 0.1) is 23.4 Å². The van der Waals surface area contributed by atoms with Crippen LogP contribution in [-0.4, -0.2) is 66.9 Å². The highest BCUT2D eigenvalue weighted by Crippen LogP contribution is 2.17. The molecule has 2 aromatic rings. The summed E-state index contributed by atoms with van der Waals surface area (Å²) in [6, 6.07) is 7.85. The Bertz CT molecular complexity index is 898. The Morgan fingerprint density at radius 2 is 1.70 bits per heavy atom. The molecule has 0 radical (unpaired) electrons. The molecule has 0 aromatic heterocycles. The van der Waals surface area contributed by atoms with Crippen molar-refractivity contribution in [2.24, 2.45) is 5.92 Å². The van der Waals surface area contributed by atoms with Crippen molar-refractivity contribution < 1.29 is 27.8 Å². The third kappa shape index (κ3) is 8.03. The first-order valence-electron chi connectivity index (χ1n) is 10.7. The van der Waals surface area contributed by atoms with Crippen LogP contribution in [0.15, 0.2) is 42.5 Å². The topological polar surface area (TPSA) is 65.0 Å². The molecular weight excluding hydrogens is 435 g/mol. The van der Waals surface area contributed by atoms with E-state index >= 15 is 0 Å². The van der Waals surface area contributed by atoms with Gasteiger partial charge in [-0.3, -0.25) is 4.90 Å². The van der Waals surface area contributed by atoms with E-state index in [0.717, 1.165) is 12.1 Å². The quantitative estimate of drug-likeness (QED) is 0.522. The van der Waals surface area contributed by atoms with Crippen LogP contribution < -0.4 is 5.32 Å². The number of halogens is 3. The molecule has 0 aliphatic rings. The minimum Gasteiger partial charge on any atom is -0.394 e. The van der Waals surface area contributed by atoms with Crippen molar-refractivity contribution in [2.45, 2.75) is 32.5 Å². The molecule has 0 unspecified atom stereocenters. The van der Waals surface area contributed by atoms with Crippen LogP contribution in [0.4, 0.5) is 23.7 Å². The number of carbonyl (C=O) groups is 1. The number of carbonyl (C=O) groups excluding carboxylic acids is 1. The first kappa shape index (κ1) is 26.6. The van der Waals surface area contributed by atoms with Crippen LogP contribution in [0.1, 0.15) is 19.4 Å². The Balaban J connectivity index is 2.04. The molecule has 0 aliphatic heterocycles. The molecule has 6 nitrogen and oxygen atoms in total. The second kappa shape index (κ2) is 12.6. The van der Waals surface area contributed by atoms with E-state index in [1.807, 2.05) is 11.8 Å². The van der Waals surface area contributed by atoms with E-state index < -0.39 is 29.5 Å². The molecule has 0 saturated carbocycles. The number of hydrogen-bond donors (Lipinski definition) is 2. The van der Waals surface area contributed by atoms with Crippen molar-refractivity contribution in [1.29, 1.82) is 0 Å². The lowest BCUT2D eigenvalue weighted by Gasteiger charge is -2.34. The van der Waals surface area contributed by atoms with Gasteiger partial charge in [-0.1, -0.05) is 6.92 Å². The number of nitrogens with one attached hydrogen (secondary N) is 1. The van der Waals surface area contributed by atoms with Gasteiger partial charge in [0.15, 0.2) is 0 Å². The smallest absolute Gasteiger partial charge is 0.322 e.